The number of carbonyl (C=O) groups is 4. The normalized spacial score (nSPS) is 13.4. The first kappa shape index (κ1) is 19.6. The lowest BCUT2D eigenvalue weighted by Crippen LogP contribution is -2.51. The van der Waals surface area contributed by atoms with Crippen molar-refractivity contribution in [2.45, 2.75) is 6.61 Å². The third kappa shape index (κ3) is 4.59. The van der Waals surface area contributed by atoms with Crippen LogP contribution in [0.15, 0.2) is 48.0 Å². The Morgan fingerprint density at radius 1 is 1.00 bits per heavy atom. The van der Waals surface area contributed by atoms with Crippen molar-refractivity contribution in [2.75, 3.05) is 7.11 Å². The van der Waals surface area contributed by atoms with Crippen LogP contribution in [0.3, 0.4) is 0 Å². The predicted octanol–water partition coefficient (Wildman–Crippen LogP) is 0.387. The molecule has 0 atom stereocenters. The zero-order valence-electron chi connectivity index (χ0n) is 15.2. The van der Waals surface area contributed by atoms with Gasteiger partial charge < -0.3 is 19.4 Å². The maximum absolute atomic E-state index is 11.8. The van der Waals surface area contributed by atoms with Gasteiger partial charge in [0.25, 0.3) is 11.8 Å². The van der Waals surface area contributed by atoms with Crippen LogP contribution in [0.2, 0.25) is 0 Å². The van der Waals surface area contributed by atoms with Crippen LogP contribution < -0.4 is 25.2 Å². The lowest BCUT2D eigenvalue weighted by molar-refractivity contribution is -0.255. The largest absolute Gasteiger partial charge is 0.545 e. The van der Waals surface area contributed by atoms with E-state index in [2.05, 4.69) is 0 Å². The lowest BCUT2D eigenvalue weighted by Gasteiger charge is -2.15. The van der Waals surface area contributed by atoms with Gasteiger partial charge in [-0.15, -0.1) is 0 Å². The number of hydrogen-bond donors (Lipinski definition) is 2. The van der Waals surface area contributed by atoms with Crippen LogP contribution >= 0.6 is 0 Å². The van der Waals surface area contributed by atoms with Crippen LogP contribution in [0, 0.1) is 0 Å². The molecule has 2 aromatic rings. The molecule has 148 valence electrons. The molecule has 0 unspecified atom stereocenters. The molecular weight excluding hydrogens is 380 g/mol. The number of rotatable bonds is 6. The van der Waals surface area contributed by atoms with E-state index in [1.807, 2.05) is 10.6 Å². The van der Waals surface area contributed by atoms with E-state index in [1.54, 1.807) is 30.3 Å². The summed E-state index contributed by atoms with van der Waals surface area (Å²) in [5.41, 5.74) is 1.08. The molecule has 29 heavy (non-hydrogen) atoms. The highest BCUT2D eigenvalue weighted by Gasteiger charge is 2.27. The second-order valence-electron chi connectivity index (χ2n) is 5.98. The van der Waals surface area contributed by atoms with Crippen LogP contribution in [0.4, 0.5) is 4.79 Å². The fourth-order valence-corrected chi connectivity index (χ4v) is 2.56. The summed E-state index contributed by atoms with van der Waals surface area (Å²) in [7, 11) is 1.44. The van der Waals surface area contributed by atoms with Crippen molar-refractivity contribution in [1.82, 2.24) is 10.6 Å². The number of carbonyl (C=O) groups excluding carboxylic acids is 4. The van der Waals surface area contributed by atoms with Crippen LogP contribution in [-0.2, 0) is 16.2 Å². The Labute approximate surface area is 164 Å². The highest BCUT2D eigenvalue weighted by Crippen LogP contribution is 2.30. The molecule has 0 aliphatic carbocycles. The molecule has 2 aromatic carbocycles. The molecule has 4 amide bonds. The van der Waals surface area contributed by atoms with Gasteiger partial charge in [0.15, 0.2) is 11.5 Å². The van der Waals surface area contributed by atoms with Gasteiger partial charge in [-0.05, 0) is 34.9 Å². The predicted molar refractivity (Wildman–Crippen MR) is 97.8 cm³/mol. The summed E-state index contributed by atoms with van der Waals surface area (Å²) in [4.78, 5) is 45.5. The molecule has 0 aromatic heterocycles. The van der Waals surface area contributed by atoms with Crippen molar-refractivity contribution in [2.24, 2.45) is 0 Å². The summed E-state index contributed by atoms with van der Waals surface area (Å²) in [5, 5.41) is 14.8. The number of benzene rings is 2. The highest BCUT2D eigenvalue weighted by molar-refractivity contribution is 6.31. The summed E-state index contributed by atoms with van der Waals surface area (Å²) in [6, 6.07) is 9.98. The van der Waals surface area contributed by atoms with Gasteiger partial charge >= 0.3 is 6.03 Å². The molecule has 1 heterocycles. The smallest absolute Gasteiger partial charge is 0.328 e. The molecule has 0 radical (unpaired) electrons. The van der Waals surface area contributed by atoms with E-state index in [4.69, 9.17) is 9.47 Å². The monoisotopic (exact) mass is 395 g/mol. The quantitative estimate of drug-likeness (QED) is 0.534. The number of methoxy groups -OCH3 is 1. The number of hydrogen-bond acceptors (Lipinski definition) is 7. The standard InChI is InChI=1S/C20H16N2O7/c1-28-16-9-12(8-14-17(23)21-20(27)22-18(14)24)4-7-15(16)29-10-11-2-5-13(6-3-11)19(25)26/h2-9H,10H2,1H3,(H,25,26)(H2,21,22,23,24,27)/p-1. The average Bonchev–Trinajstić information content (AvgIpc) is 2.69. The van der Waals surface area contributed by atoms with E-state index in [0.29, 0.717) is 17.1 Å². The average molecular weight is 395 g/mol. The molecule has 1 fully saturated rings. The molecule has 9 nitrogen and oxygen atoms in total. The van der Waals surface area contributed by atoms with Gasteiger partial charge in [0.05, 0.1) is 13.1 Å². The van der Waals surface area contributed by atoms with Crippen molar-refractivity contribution in [3.8, 4) is 11.5 Å². The van der Waals surface area contributed by atoms with E-state index in [9.17, 15) is 24.3 Å². The number of nitrogens with one attached hydrogen (secondary N) is 2. The Morgan fingerprint density at radius 3 is 2.24 bits per heavy atom. The first-order chi connectivity index (χ1) is 13.9. The third-order valence-corrected chi connectivity index (χ3v) is 4.03. The molecule has 1 saturated heterocycles. The summed E-state index contributed by atoms with van der Waals surface area (Å²) >= 11 is 0. The molecule has 2 N–H and O–H groups in total. The maximum atomic E-state index is 11.8. The second kappa shape index (κ2) is 8.26. The van der Waals surface area contributed by atoms with Gasteiger partial charge in [-0.3, -0.25) is 20.2 Å². The zero-order valence-corrected chi connectivity index (χ0v) is 15.2. The van der Waals surface area contributed by atoms with Gasteiger partial charge in [0.2, 0.25) is 0 Å². The van der Waals surface area contributed by atoms with E-state index in [0.717, 1.165) is 5.56 Å². The van der Waals surface area contributed by atoms with E-state index >= 15 is 0 Å². The minimum absolute atomic E-state index is 0.0706. The van der Waals surface area contributed by atoms with Crippen molar-refractivity contribution in [3.05, 3.63) is 64.7 Å². The Bertz CT molecular complexity index is 1000. The van der Waals surface area contributed by atoms with Crippen LogP contribution in [0.1, 0.15) is 21.5 Å². The topological polar surface area (TPSA) is 134 Å². The first-order valence-electron chi connectivity index (χ1n) is 8.37. The number of barbiturate groups is 1. The lowest BCUT2D eigenvalue weighted by atomic mass is 10.1. The number of carboxylic acids is 1. The molecule has 0 bridgehead atoms. The Morgan fingerprint density at radius 2 is 1.66 bits per heavy atom. The minimum atomic E-state index is -1.26. The fourth-order valence-electron chi connectivity index (χ4n) is 2.56. The number of aromatic carboxylic acids is 1. The number of ether oxygens (including phenoxy) is 2. The van der Waals surface area contributed by atoms with Crippen molar-refractivity contribution in [3.63, 3.8) is 0 Å². The maximum Gasteiger partial charge on any atom is 0.328 e. The summed E-state index contributed by atoms with van der Waals surface area (Å²) in [6.45, 7) is 0.164. The number of amides is 4. The number of urea groups is 1. The molecule has 1 aliphatic rings. The van der Waals surface area contributed by atoms with Gasteiger partial charge in [-0.25, -0.2) is 4.79 Å². The summed E-state index contributed by atoms with van der Waals surface area (Å²) in [6.07, 6.45) is 1.32. The number of imide groups is 2. The highest BCUT2D eigenvalue weighted by atomic mass is 16.5. The molecule has 0 saturated carbocycles. The van der Waals surface area contributed by atoms with Crippen LogP contribution in [0.25, 0.3) is 6.08 Å². The minimum Gasteiger partial charge on any atom is -0.545 e. The second-order valence-corrected chi connectivity index (χ2v) is 5.98. The van der Waals surface area contributed by atoms with Gasteiger partial charge in [0.1, 0.15) is 12.2 Å². The van der Waals surface area contributed by atoms with Crippen molar-refractivity contribution < 1.29 is 33.8 Å². The molecular formula is C20H15N2O7-. The van der Waals surface area contributed by atoms with E-state index in [1.165, 1.54) is 25.3 Å². The Balaban J connectivity index is 1.76. The molecule has 0 spiro atoms. The zero-order chi connectivity index (χ0) is 21.0. The summed E-state index contributed by atoms with van der Waals surface area (Å²) < 4.78 is 11.0. The first-order valence-corrected chi connectivity index (χ1v) is 8.37. The summed E-state index contributed by atoms with van der Waals surface area (Å²) in [5.74, 6) is -2.07. The van der Waals surface area contributed by atoms with Gasteiger partial charge in [-0.1, -0.05) is 30.3 Å². The number of carboxylic acid groups (broad SMARTS) is 1. The van der Waals surface area contributed by atoms with Crippen molar-refractivity contribution in [1.29, 1.82) is 0 Å². The van der Waals surface area contributed by atoms with E-state index < -0.39 is 23.8 Å². The van der Waals surface area contributed by atoms with Gasteiger partial charge in [0, 0.05) is 0 Å². The Hall–Kier alpha value is -4.14. The Kier molecular flexibility index (Phi) is 5.59. The fraction of sp³-hybridized carbons (Fsp3) is 0.100. The molecule has 3 rings (SSSR count). The van der Waals surface area contributed by atoms with Crippen LogP contribution in [0.5, 0.6) is 11.5 Å². The van der Waals surface area contributed by atoms with Crippen molar-refractivity contribution >= 4 is 29.9 Å². The van der Waals surface area contributed by atoms with Crippen LogP contribution in [-0.4, -0.2) is 30.9 Å². The van der Waals surface area contributed by atoms with E-state index in [-0.39, 0.29) is 17.7 Å². The molecule has 1 aliphatic heterocycles. The SMILES string of the molecule is COc1cc(C=C2C(=O)NC(=O)NC2=O)ccc1OCc1ccc(C(=O)[O-])cc1. The third-order valence-electron chi connectivity index (χ3n) is 4.03. The van der Waals surface area contributed by atoms with Gasteiger partial charge in [-0.2, -0.15) is 0 Å². The molecule has 9 heteroatoms.